The molecule has 4 rings (SSSR count). The average Bonchev–Trinajstić information content (AvgIpc) is 3.19. The number of aliphatic hydroxyl groups is 1. The summed E-state index contributed by atoms with van der Waals surface area (Å²) in [7, 11) is 0. The maximum absolute atomic E-state index is 13.7. The quantitative estimate of drug-likeness (QED) is 0.166. The molecular weight excluding hydrogens is 430 g/mol. The number of amides is 1. The number of alkyl halides is 1. The molecule has 5 unspecified atom stereocenters. The molecule has 0 aromatic carbocycles. The molecule has 0 bridgehead atoms. The molecule has 32 heavy (non-hydrogen) atoms. The summed E-state index contributed by atoms with van der Waals surface area (Å²) in [6.07, 6.45) is 3.94. The minimum atomic E-state index is -0.741. The molecule has 1 amide bonds. The number of hydrogen-bond acceptors (Lipinski definition) is 7. The van der Waals surface area contributed by atoms with Crippen molar-refractivity contribution >= 4 is 17.5 Å². The molecule has 0 aromatic rings. The molecule has 4 aliphatic rings. The summed E-state index contributed by atoms with van der Waals surface area (Å²) in [4.78, 5) is 16.1. The number of likely N-dealkylation sites (tertiary alicyclic amines) is 1. The lowest BCUT2D eigenvalue weighted by Crippen LogP contribution is -2.74. The van der Waals surface area contributed by atoms with Gasteiger partial charge >= 0.3 is 0 Å². The van der Waals surface area contributed by atoms with Crippen LogP contribution in [0.2, 0.25) is 0 Å². The van der Waals surface area contributed by atoms with E-state index in [1.54, 1.807) is 0 Å². The van der Waals surface area contributed by atoms with Gasteiger partial charge < -0.3 is 31.7 Å². The molecule has 0 aliphatic carbocycles. The van der Waals surface area contributed by atoms with Gasteiger partial charge in [-0.2, -0.15) is 0 Å². The Bertz CT molecular complexity index is 648. The van der Waals surface area contributed by atoms with E-state index in [9.17, 15) is 9.90 Å². The van der Waals surface area contributed by atoms with E-state index in [0.717, 1.165) is 82.4 Å². The number of carbonyl (C=O) groups excluding carboxylic acids is 1. The molecule has 5 atom stereocenters. The van der Waals surface area contributed by atoms with Crippen LogP contribution in [0.4, 0.5) is 0 Å². The lowest BCUT2D eigenvalue weighted by molar-refractivity contribution is -0.950. The van der Waals surface area contributed by atoms with Gasteiger partial charge in [-0.1, -0.05) is 0 Å². The van der Waals surface area contributed by atoms with Crippen LogP contribution < -0.4 is 27.4 Å². The molecule has 8 N–H and O–H groups in total. The normalized spacial score (nSPS) is 36.3. The number of nitrogens with zero attached hydrogens (tertiary/aromatic N) is 2. The predicted octanol–water partition coefficient (Wildman–Crippen LogP) is -1.31. The molecule has 0 radical (unpaired) electrons. The highest BCUT2D eigenvalue weighted by atomic mass is 35.5. The Morgan fingerprint density at radius 1 is 1.25 bits per heavy atom. The van der Waals surface area contributed by atoms with E-state index < -0.39 is 17.7 Å². The Kier molecular flexibility index (Phi) is 7.68. The topological polar surface area (TPSA) is 129 Å². The molecular formula is C22H43ClN7O2+. The highest BCUT2D eigenvalue weighted by molar-refractivity contribution is 6.21. The number of rotatable bonds is 5. The summed E-state index contributed by atoms with van der Waals surface area (Å²) in [6, 6.07) is 0.254. The Morgan fingerprint density at radius 3 is 2.59 bits per heavy atom. The maximum Gasteiger partial charge on any atom is 0.233 e. The lowest BCUT2D eigenvalue weighted by atomic mass is 9.89. The van der Waals surface area contributed by atoms with Gasteiger partial charge in [0.1, 0.15) is 5.92 Å². The summed E-state index contributed by atoms with van der Waals surface area (Å²) >= 11 is 6.52. The van der Waals surface area contributed by atoms with Crippen molar-refractivity contribution in [2.75, 3.05) is 52.4 Å². The van der Waals surface area contributed by atoms with E-state index in [0.29, 0.717) is 6.54 Å². The fourth-order valence-corrected chi connectivity index (χ4v) is 6.85. The van der Waals surface area contributed by atoms with Crippen LogP contribution in [0.5, 0.6) is 0 Å². The maximum atomic E-state index is 13.7. The molecule has 9 nitrogen and oxygen atoms in total. The van der Waals surface area contributed by atoms with Gasteiger partial charge in [0.25, 0.3) is 0 Å². The smallest absolute Gasteiger partial charge is 0.233 e. The highest BCUT2D eigenvalue weighted by Crippen LogP contribution is 2.32. The van der Waals surface area contributed by atoms with E-state index in [2.05, 4.69) is 20.9 Å². The molecule has 184 valence electrons. The van der Waals surface area contributed by atoms with E-state index in [-0.39, 0.29) is 29.5 Å². The molecule has 10 heteroatoms. The van der Waals surface area contributed by atoms with Crippen molar-refractivity contribution in [3.63, 3.8) is 0 Å². The van der Waals surface area contributed by atoms with Gasteiger partial charge in [-0.15, -0.1) is 11.6 Å². The van der Waals surface area contributed by atoms with Crippen LogP contribution in [0.15, 0.2) is 0 Å². The van der Waals surface area contributed by atoms with Gasteiger partial charge in [0.2, 0.25) is 5.91 Å². The van der Waals surface area contributed by atoms with E-state index in [1.807, 2.05) is 6.92 Å². The minimum Gasteiger partial charge on any atom is -0.390 e. The first-order chi connectivity index (χ1) is 15.2. The lowest BCUT2D eigenvalue weighted by Gasteiger charge is -2.50. The standard InChI is InChI=1S/C22H42ClN7O2/c1-22(32)5-8-29(9-6-22)17-4-7-26-13-16(17)28-21(31)18(19(24)25)20-27-12-15(23)14-30(20)10-2-3-11-30/h15-20,26-27,32H,2-14,24-25H2,1H3/p+1. The molecule has 4 heterocycles. The summed E-state index contributed by atoms with van der Waals surface area (Å²) in [6.45, 7) is 8.84. The van der Waals surface area contributed by atoms with Gasteiger partial charge in [-0.05, 0) is 32.7 Å². The summed E-state index contributed by atoms with van der Waals surface area (Å²) < 4.78 is 0.796. The van der Waals surface area contributed by atoms with E-state index in [4.69, 9.17) is 23.1 Å². The van der Waals surface area contributed by atoms with Crippen LogP contribution in [0.25, 0.3) is 0 Å². The number of hydrogen-bond donors (Lipinski definition) is 6. The number of quaternary nitrogens is 1. The fourth-order valence-electron chi connectivity index (χ4n) is 6.48. The monoisotopic (exact) mass is 472 g/mol. The molecule has 0 saturated carbocycles. The van der Waals surface area contributed by atoms with Crippen molar-refractivity contribution in [1.29, 1.82) is 0 Å². The predicted molar refractivity (Wildman–Crippen MR) is 126 cm³/mol. The van der Waals surface area contributed by atoms with Gasteiger partial charge in [0, 0.05) is 45.1 Å². The SMILES string of the molecule is CC1(O)CCN(C2CCNCC2NC(=O)C(C(N)N)C2NCC(Cl)C[N+]23CCCC3)CC1. The van der Waals surface area contributed by atoms with Crippen LogP contribution in [0, 0.1) is 5.92 Å². The molecule has 1 spiro atoms. The van der Waals surface area contributed by atoms with Crippen molar-refractivity contribution in [2.45, 2.75) is 74.4 Å². The van der Waals surface area contributed by atoms with Crippen molar-refractivity contribution in [3.05, 3.63) is 0 Å². The van der Waals surface area contributed by atoms with Crippen molar-refractivity contribution in [1.82, 2.24) is 20.9 Å². The summed E-state index contributed by atoms with van der Waals surface area (Å²) in [5.41, 5.74) is 11.9. The fraction of sp³-hybridized carbons (Fsp3) is 0.955. The second kappa shape index (κ2) is 10.00. The van der Waals surface area contributed by atoms with Crippen LogP contribution in [0.1, 0.15) is 39.0 Å². The van der Waals surface area contributed by atoms with Crippen molar-refractivity contribution in [3.8, 4) is 0 Å². The van der Waals surface area contributed by atoms with Crippen LogP contribution in [-0.2, 0) is 4.79 Å². The zero-order chi connectivity index (χ0) is 22.9. The largest absolute Gasteiger partial charge is 0.390 e. The highest BCUT2D eigenvalue weighted by Gasteiger charge is 2.52. The third-order valence-corrected chi connectivity index (χ3v) is 8.62. The minimum absolute atomic E-state index is 0.00283. The van der Waals surface area contributed by atoms with Gasteiger partial charge in [0.15, 0.2) is 6.17 Å². The molecule has 4 fully saturated rings. The van der Waals surface area contributed by atoms with Crippen molar-refractivity contribution < 1.29 is 14.4 Å². The number of halogens is 1. The summed E-state index contributed by atoms with van der Waals surface area (Å²) in [5, 5.41) is 20.7. The number of piperidine rings is 2. The Balaban J connectivity index is 1.47. The van der Waals surface area contributed by atoms with Gasteiger partial charge in [0.05, 0.1) is 42.8 Å². The number of carbonyl (C=O) groups is 1. The first-order valence-corrected chi connectivity index (χ1v) is 12.9. The van der Waals surface area contributed by atoms with Gasteiger partial charge in [-0.25, -0.2) is 0 Å². The van der Waals surface area contributed by atoms with E-state index >= 15 is 0 Å². The second-order valence-electron chi connectivity index (χ2n) is 10.8. The first kappa shape index (κ1) is 24.6. The van der Waals surface area contributed by atoms with E-state index in [1.165, 1.54) is 0 Å². The average molecular weight is 473 g/mol. The van der Waals surface area contributed by atoms with Crippen LogP contribution >= 0.6 is 11.6 Å². The number of nitrogens with two attached hydrogens (primary N) is 2. The van der Waals surface area contributed by atoms with Crippen LogP contribution in [0.3, 0.4) is 0 Å². The zero-order valence-corrected chi connectivity index (χ0v) is 20.2. The Morgan fingerprint density at radius 2 is 1.94 bits per heavy atom. The van der Waals surface area contributed by atoms with Gasteiger partial charge in [-0.3, -0.25) is 15.0 Å². The molecule has 0 aromatic heterocycles. The summed E-state index contributed by atoms with van der Waals surface area (Å²) in [5.74, 6) is -0.570. The van der Waals surface area contributed by atoms with Crippen LogP contribution in [-0.4, -0.2) is 108 Å². The van der Waals surface area contributed by atoms with Crippen molar-refractivity contribution in [2.24, 2.45) is 17.4 Å². The Labute approximate surface area is 197 Å². The zero-order valence-electron chi connectivity index (χ0n) is 19.4. The second-order valence-corrected chi connectivity index (χ2v) is 11.4. The number of nitrogens with one attached hydrogen (secondary N) is 3. The third-order valence-electron chi connectivity index (χ3n) is 8.33. The third kappa shape index (κ3) is 5.25. The molecule has 4 saturated heterocycles. The molecule has 4 aliphatic heterocycles. The Hall–Kier alpha value is -0.520. The first-order valence-electron chi connectivity index (χ1n) is 12.4.